The van der Waals surface area contributed by atoms with Crippen molar-refractivity contribution in [3.63, 3.8) is 0 Å². The van der Waals surface area contributed by atoms with E-state index in [0.29, 0.717) is 0 Å². The van der Waals surface area contributed by atoms with Crippen molar-refractivity contribution in [3.8, 4) is 0 Å². The Hall–Kier alpha value is -5.48. The second-order valence-electron chi connectivity index (χ2n) is 19.8. The molecule has 3 heterocycles. The average molecular weight is 745 g/mol. The fraction of sp³-hybridized carbons (Fsp3) is 0.283. The SMILES string of the molecule is CC(C)(C)c1ccc(N2C3=C(CCCc4ccc(C(C)(C)C)cc43)B3c4cc5oc6ccccc6c5cc4N(c4ccc(C(C)(C)C)cc4)c4cccc2c43)cc1. The molecular formula is C53H53BN2O. The van der Waals surface area contributed by atoms with Gasteiger partial charge in [-0.3, -0.25) is 0 Å². The molecule has 10 rings (SSSR count). The first kappa shape index (κ1) is 35.9. The van der Waals surface area contributed by atoms with Crippen molar-refractivity contribution >= 4 is 73.7 Å². The Morgan fingerprint density at radius 1 is 0.509 bits per heavy atom. The molecule has 0 atom stereocenters. The minimum atomic E-state index is 0.0222. The second kappa shape index (κ2) is 12.5. The van der Waals surface area contributed by atoms with E-state index in [9.17, 15) is 0 Å². The first-order valence-corrected chi connectivity index (χ1v) is 20.9. The van der Waals surface area contributed by atoms with Crippen molar-refractivity contribution < 1.29 is 4.42 Å². The predicted molar refractivity (Wildman–Crippen MR) is 244 cm³/mol. The fourth-order valence-corrected chi connectivity index (χ4v) is 9.75. The number of para-hydroxylation sites is 1. The quantitative estimate of drug-likeness (QED) is 0.164. The van der Waals surface area contributed by atoms with Crippen molar-refractivity contribution in [1.82, 2.24) is 0 Å². The normalized spacial score (nSPS) is 15.4. The van der Waals surface area contributed by atoms with Crippen LogP contribution in [0.4, 0.5) is 28.4 Å². The smallest absolute Gasteiger partial charge is 0.247 e. The summed E-state index contributed by atoms with van der Waals surface area (Å²) in [5.41, 5.74) is 20.5. The lowest BCUT2D eigenvalue weighted by atomic mass is 9.32. The summed E-state index contributed by atoms with van der Waals surface area (Å²) < 4.78 is 6.70. The Morgan fingerprint density at radius 2 is 1.11 bits per heavy atom. The molecule has 3 nitrogen and oxygen atoms in total. The number of fused-ring (bicyclic) bond motifs is 8. The first-order valence-electron chi connectivity index (χ1n) is 20.9. The molecule has 0 amide bonds. The number of benzene rings is 6. The Balaban J connectivity index is 1.31. The molecule has 0 radical (unpaired) electrons. The summed E-state index contributed by atoms with van der Waals surface area (Å²) >= 11 is 0. The van der Waals surface area contributed by atoms with E-state index in [-0.39, 0.29) is 23.0 Å². The van der Waals surface area contributed by atoms with Crippen molar-refractivity contribution in [2.45, 2.75) is 97.8 Å². The highest BCUT2D eigenvalue weighted by Crippen LogP contribution is 2.50. The molecule has 4 heteroatoms. The summed E-state index contributed by atoms with van der Waals surface area (Å²) in [4.78, 5) is 5.16. The summed E-state index contributed by atoms with van der Waals surface area (Å²) in [6.45, 7) is 20.9. The number of allylic oxidation sites excluding steroid dienone is 1. The van der Waals surface area contributed by atoms with Crippen LogP contribution in [0.15, 0.2) is 131 Å². The van der Waals surface area contributed by atoms with Gasteiger partial charge in [0.2, 0.25) is 6.71 Å². The third-order valence-electron chi connectivity index (χ3n) is 12.9. The van der Waals surface area contributed by atoms with Crippen molar-refractivity contribution in [2.75, 3.05) is 9.80 Å². The van der Waals surface area contributed by atoms with Gasteiger partial charge < -0.3 is 14.2 Å². The van der Waals surface area contributed by atoms with E-state index in [1.165, 1.54) is 78.3 Å². The molecule has 6 aromatic carbocycles. The molecule has 1 aliphatic carbocycles. The van der Waals surface area contributed by atoms with Crippen molar-refractivity contribution in [2.24, 2.45) is 0 Å². The number of hydrogen-bond acceptors (Lipinski definition) is 3. The van der Waals surface area contributed by atoms with Crippen LogP contribution < -0.4 is 20.7 Å². The monoisotopic (exact) mass is 744 g/mol. The Labute approximate surface area is 339 Å². The maximum absolute atomic E-state index is 6.70. The Kier molecular flexibility index (Phi) is 7.88. The molecule has 0 bridgehead atoms. The van der Waals surface area contributed by atoms with Crippen LogP contribution in [0.5, 0.6) is 0 Å². The minimum absolute atomic E-state index is 0.0222. The standard InChI is InChI=1S/C53H53BN2O/c1-51(2,3)34-22-26-37(27-23-34)55-44-17-13-18-45-49(44)54(43-32-48-41(31-46(43)55)39-15-10-11-19-47(39)57-48)42-16-12-14-33-20-21-36(53(7,8)9)30-40(33)50(42)56(45)38-28-24-35(25-29-38)52(4,5)6/h10-11,13,15,17-32H,12,14,16H2,1-9H3. The van der Waals surface area contributed by atoms with Crippen LogP contribution in [0.3, 0.4) is 0 Å². The molecule has 0 saturated carbocycles. The fourth-order valence-electron chi connectivity index (χ4n) is 9.75. The van der Waals surface area contributed by atoms with Gasteiger partial charge in [-0.2, -0.15) is 0 Å². The first-order chi connectivity index (χ1) is 27.2. The predicted octanol–water partition coefficient (Wildman–Crippen LogP) is 13.3. The molecular weight excluding hydrogens is 691 g/mol. The van der Waals surface area contributed by atoms with Gasteiger partial charge >= 0.3 is 0 Å². The largest absolute Gasteiger partial charge is 0.456 e. The molecule has 2 aliphatic heterocycles. The number of anilines is 5. The third-order valence-corrected chi connectivity index (χ3v) is 12.9. The molecule has 0 unspecified atom stereocenters. The zero-order chi connectivity index (χ0) is 39.6. The second-order valence-corrected chi connectivity index (χ2v) is 19.8. The summed E-state index contributed by atoms with van der Waals surface area (Å²) in [6, 6.07) is 46.4. The maximum Gasteiger partial charge on any atom is 0.247 e. The number of furan rings is 1. The zero-order valence-electron chi connectivity index (χ0n) is 35.0. The lowest BCUT2D eigenvalue weighted by molar-refractivity contribution is 0.589. The van der Waals surface area contributed by atoms with Gasteiger partial charge in [0, 0.05) is 50.5 Å². The van der Waals surface area contributed by atoms with Gasteiger partial charge in [-0.25, -0.2) is 0 Å². The van der Waals surface area contributed by atoms with E-state index in [1.807, 2.05) is 0 Å². The van der Waals surface area contributed by atoms with Crippen LogP contribution in [-0.4, -0.2) is 6.71 Å². The van der Waals surface area contributed by atoms with Crippen LogP contribution in [0.2, 0.25) is 0 Å². The van der Waals surface area contributed by atoms with Gasteiger partial charge in [0.05, 0.1) is 0 Å². The Bertz CT molecular complexity index is 2770. The Morgan fingerprint density at radius 3 is 1.75 bits per heavy atom. The molecule has 0 spiro atoms. The molecule has 7 aromatic rings. The van der Waals surface area contributed by atoms with Gasteiger partial charge in [-0.1, -0.05) is 128 Å². The average Bonchev–Trinajstić information content (AvgIpc) is 3.43. The van der Waals surface area contributed by atoms with Gasteiger partial charge in [0.1, 0.15) is 11.2 Å². The summed E-state index contributed by atoms with van der Waals surface area (Å²) in [5, 5.41) is 2.32. The van der Waals surface area contributed by atoms with Crippen LogP contribution in [0, 0.1) is 0 Å². The molecule has 284 valence electrons. The number of rotatable bonds is 2. The molecule has 1 aromatic heterocycles. The molecule has 3 aliphatic rings. The highest BCUT2D eigenvalue weighted by atomic mass is 16.3. The minimum Gasteiger partial charge on any atom is -0.456 e. The highest BCUT2D eigenvalue weighted by Gasteiger charge is 2.46. The van der Waals surface area contributed by atoms with E-state index < -0.39 is 0 Å². The molecule has 0 saturated heterocycles. The van der Waals surface area contributed by atoms with Gasteiger partial charge in [0.15, 0.2) is 0 Å². The highest BCUT2D eigenvalue weighted by molar-refractivity contribution is 6.96. The van der Waals surface area contributed by atoms with Crippen molar-refractivity contribution in [3.05, 3.63) is 155 Å². The van der Waals surface area contributed by atoms with E-state index in [2.05, 4.69) is 193 Å². The maximum atomic E-state index is 6.70. The summed E-state index contributed by atoms with van der Waals surface area (Å²) in [7, 11) is 0. The van der Waals surface area contributed by atoms with Crippen molar-refractivity contribution in [1.29, 1.82) is 0 Å². The van der Waals surface area contributed by atoms with E-state index in [0.717, 1.165) is 41.2 Å². The summed E-state index contributed by atoms with van der Waals surface area (Å²) in [6.07, 6.45) is 3.18. The van der Waals surface area contributed by atoms with E-state index in [4.69, 9.17) is 4.42 Å². The van der Waals surface area contributed by atoms with Crippen LogP contribution in [-0.2, 0) is 22.7 Å². The van der Waals surface area contributed by atoms with E-state index in [1.54, 1.807) is 0 Å². The van der Waals surface area contributed by atoms with Crippen LogP contribution >= 0.6 is 0 Å². The number of aryl methyl sites for hydroxylation is 1. The van der Waals surface area contributed by atoms with Gasteiger partial charge in [-0.15, -0.1) is 0 Å². The van der Waals surface area contributed by atoms with Crippen LogP contribution in [0.1, 0.15) is 103 Å². The van der Waals surface area contributed by atoms with Crippen LogP contribution in [0.25, 0.3) is 27.6 Å². The topological polar surface area (TPSA) is 19.6 Å². The van der Waals surface area contributed by atoms with E-state index >= 15 is 0 Å². The molecule has 0 fully saturated rings. The number of hydrogen-bond donors (Lipinski definition) is 0. The lowest BCUT2D eigenvalue weighted by Gasteiger charge is -2.45. The van der Waals surface area contributed by atoms with Gasteiger partial charge in [-0.05, 0) is 129 Å². The summed E-state index contributed by atoms with van der Waals surface area (Å²) in [5.74, 6) is 0. The lowest BCUT2D eigenvalue weighted by Crippen LogP contribution is -2.55. The molecule has 0 N–H and O–H groups in total. The third kappa shape index (κ3) is 5.70. The van der Waals surface area contributed by atoms with Gasteiger partial charge in [0.25, 0.3) is 0 Å². The number of nitrogens with zero attached hydrogens (tertiary/aromatic N) is 2. The molecule has 57 heavy (non-hydrogen) atoms. The zero-order valence-corrected chi connectivity index (χ0v) is 35.0.